The van der Waals surface area contributed by atoms with Gasteiger partial charge in [-0.25, -0.2) is 9.13 Å². The maximum Gasteiger partial charge on any atom is 0.243 e. The molecule has 0 aliphatic carbocycles. The molecule has 1 aromatic heterocycles. The molecule has 0 fully saturated rings. The van der Waals surface area contributed by atoms with E-state index in [1.165, 1.54) is 45.1 Å². The first-order valence-corrected chi connectivity index (χ1v) is 7.95. The summed E-state index contributed by atoms with van der Waals surface area (Å²) in [7, 11) is 0. The van der Waals surface area contributed by atoms with E-state index in [0.29, 0.717) is 0 Å². The van der Waals surface area contributed by atoms with E-state index in [1.54, 1.807) is 0 Å². The number of hydrogen-bond donors (Lipinski definition) is 1. The number of imidazole rings is 1. The van der Waals surface area contributed by atoms with Crippen LogP contribution >= 0.6 is 0 Å². The first-order chi connectivity index (χ1) is 10.0. The summed E-state index contributed by atoms with van der Waals surface area (Å²) in [4.78, 5) is 9.34. The average Bonchev–Trinajstić information content (AvgIpc) is 2.91. The molecule has 1 heterocycles. The van der Waals surface area contributed by atoms with E-state index in [2.05, 4.69) is 41.7 Å². The highest BCUT2D eigenvalue weighted by molar-refractivity contribution is 5.68. The summed E-state index contributed by atoms with van der Waals surface area (Å²) in [6.45, 7) is 7.83. The molecule has 122 valence electrons. The zero-order valence-corrected chi connectivity index (χ0v) is 13.6. The lowest BCUT2D eigenvalue weighted by molar-refractivity contribution is -0.696. The van der Waals surface area contributed by atoms with Gasteiger partial charge in [0.1, 0.15) is 12.4 Å². The van der Waals surface area contributed by atoms with Crippen molar-refractivity contribution in [3.05, 3.63) is 18.7 Å². The van der Waals surface area contributed by atoms with Crippen LogP contribution in [-0.2, 0) is 17.9 Å². The van der Waals surface area contributed by atoms with Crippen molar-refractivity contribution in [3.63, 3.8) is 0 Å². The predicted octanol–water partition coefficient (Wildman–Crippen LogP) is 1.27. The van der Waals surface area contributed by atoms with Crippen LogP contribution in [0.15, 0.2) is 18.7 Å². The number of hydrogen-bond acceptors (Lipinski definition) is 3. The largest absolute Gasteiger partial charge is 0.547 e. The quantitative estimate of drug-likeness (QED) is 0.551. The number of aryl methyl sites for hydroxylation is 2. The highest BCUT2D eigenvalue weighted by Crippen LogP contribution is 2.04. The zero-order valence-electron chi connectivity index (χ0n) is 13.6. The van der Waals surface area contributed by atoms with Gasteiger partial charge < -0.3 is 15.0 Å². The second kappa shape index (κ2) is 12.4. The second-order valence-corrected chi connectivity index (χ2v) is 5.24. The van der Waals surface area contributed by atoms with Gasteiger partial charge in [0.25, 0.3) is 0 Å². The van der Waals surface area contributed by atoms with E-state index >= 15 is 0 Å². The van der Waals surface area contributed by atoms with Crippen molar-refractivity contribution in [1.29, 1.82) is 0 Å². The molecule has 5 heteroatoms. The monoisotopic (exact) mass is 298 g/mol. The number of nitrogens with zero attached hydrogens (tertiary/aromatic N) is 2. The highest BCUT2D eigenvalue weighted by atomic mass is 16.4. The van der Waals surface area contributed by atoms with Crippen LogP contribution in [0.2, 0.25) is 0 Å². The summed E-state index contributed by atoms with van der Waals surface area (Å²) in [5.41, 5.74) is 0. The number of carbonyl (C=O) groups is 1. The maximum absolute atomic E-state index is 9.34. The van der Waals surface area contributed by atoms with Gasteiger partial charge >= 0.3 is 0 Å². The normalized spacial score (nSPS) is 11.6. The molecule has 21 heavy (non-hydrogen) atoms. The lowest BCUT2D eigenvalue weighted by Gasteiger charge is -2.00. The standard InChI is InChI=1S/C13H25N2.C3H6O3/c1-3-5-6-7-8-9-10-15-12-11-14(4-2)13-15;1-2(4)3(5)6/h11-13H,3-10H2,1-2H3;2,4H,1H3,(H,5,6)/q+1;/p-1. The topological polar surface area (TPSA) is 69.2 Å². The van der Waals surface area contributed by atoms with Gasteiger partial charge in [-0.1, -0.05) is 32.6 Å². The number of carboxylic acid groups (broad SMARTS) is 1. The smallest absolute Gasteiger partial charge is 0.243 e. The lowest BCUT2D eigenvalue weighted by atomic mass is 10.1. The summed E-state index contributed by atoms with van der Waals surface area (Å²) in [6.07, 6.45) is 13.4. The van der Waals surface area contributed by atoms with Crippen LogP contribution in [0.25, 0.3) is 0 Å². The van der Waals surface area contributed by atoms with Gasteiger partial charge in [-0.2, -0.15) is 0 Å². The van der Waals surface area contributed by atoms with Crippen molar-refractivity contribution in [1.82, 2.24) is 4.57 Å². The Hall–Kier alpha value is -1.36. The molecule has 0 bridgehead atoms. The second-order valence-electron chi connectivity index (χ2n) is 5.24. The molecule has 1 N–H and O–H groups in total. The van der Waals surface area contributed by atoms with Crippen molar-refractivity contribution in [3.8, 4) is 0 Å². The van der Waals surface area contributed by atoms with Gasteiger partial charge in [-0.05, 0) is 26.7 Å². The van der Waals surface area contributed by atoms with Gasteiger partial charge in [-0.15, -0.1) is 0 Å². The van der Waals surface area contributed by atoms with Crippen molar-refractivity contribution < 1.29 is 19.6 Å². The number of aromatic nitrogens is 2. The third kappa shape index (κ3) is 11.0. The molecule has 0 aliphatic rings. The minimum Gasteiger partial charge on any atom is -0.547 e. The molecule has 0 saturated carbocycles. The van der Waals surface area contributed by atoms with E-state index < -0.39 is 12.1 Å². The van der Waals surface area contributed by atoms with Crippen molar-refractivity contribution in [2.75, 3.05) is 0 Å². The Bertz CT molecular complexity index is 375. The maximum atomic E-state index is 9.34. The summed E-state index contributed by atoms with van der Waals surface area (Å²) >= 11 is 0. The summed E-state index contributed by atoms with van der Waals surface area (Å²) in [5, 5.41) is 17.3. The first-order valence-electron chi connectivity index (χ1n) is 7.95. The number of unbranched alkanes of at least 4 members (excludes halogenated alkanes) is 5. The first kappa shape index (κ1) is 19.6. The Morgan fingerprint density at radius 2 is 1.81 bits per heavy atom. The van der Waals surface area contributed by atoms with Gasteiger partial charge in [-0.3, -0.25) is 0 Å². The van der Waals surface area contributed by atoms with Crippen LogP contribution < -0.4 is 9.67 Å². The minimum atomic E-state index is -1.44. The van der Waals surface area contributed by atoms with Gasteiger partial charge in [0.05, 0.1) is 25.2 Å². The van der Waals surface area contributed by atoms with E-state index in [-0.39, 0.29) is 0 Å². The Morgan fingerprint density at radius 3 is 2.29 bits per heavy atom. The Balaban J connectivity index is 0.000000567. The number of aliphatic hydroxyl groups excluding tert-OH is 1. The van der Waals surface area contributed by atoms with E-state index in [1.807, 2.05) is 0 Å². The fourth-order valence-corrected chi connectivity index (χ4v) is 1.83. The summed E-state index contributed by atoms with van der Waals surface area (Å²) in [6, 6.07) is 0. The fraction of sp³-hybridized carbons (Fsp3) is 0.750. The van der Waals surface area contributed by atoms with E-state index in [9.17, 15) is 9.90 Å². The van der Waals surface area contributed by atoms with Crippen LogP contribution in [0.3, 0.4) is 0 Å². The molecule has 1 atom stereocenters. The number of carboxylic acids is 1. The molecule has 0 amide bonds. The highest BCUT2D eigenvalue weighted by Gasteiger charge is 2.00. The SMILES string of the molecule is CC(O)C(=O)[O-].CCCCCCCC[n+]1ccn(CC)c1. The molecule has 1 aromatic rings. The Labute approximate surface area is 128 Å². The molecular formula is C16H30N2O3. The Kier molecular flexibility index (Phi) is 11.6. The van der Waals surface area contributed by atoms with Gasteiger partial charge in [0.2, 0.25) is 6.33 Å². The summed E-state index contributed by atoms with van der Waals surface area (Å²) in [5.74, 6) is -1.44. The third-order valence-electron chi connectivity index (χ3n) is 3.22. The van der Waals surface area contributed by atoms with Gasteiger partial charge in [0.15, 0.2) is 0 Å². The minimum absolute atomic E-state index is 1.07. The summed E-state index contributed by atoms with van der Waals surface area (Å²) < 4.78 is 4.51. The van der Waals surface area contributed by atoms with E-state index in [0.717, 1.165) is 13.5 Å². The van der Waals surface area contributed by atoms with Crippen molar-refractivity contribution in [2.24, 2.45) is 0 Å². The zero-order chi connectivity index (χ0) is 16.1. The van der Waals surface area contributed by atoms with Crippen LogP contribution in [0, 0.1) is 0 Å². The molecule has 0 aliphatic heterocycles. The van der Waals surface area contributed by atoms with Crippen molar-refractivity contribution in [2.45, 2.75) is 78.5 Å². The number of carbonyl (C=O) groups excluding carboxylic acids is 1. The molecule has 0 spiro atoms. The molecule has 0 saturated heterocycles. The molecule has 5 nitrogen and oxygen atoms in total. The number of aliphatic hydroxyl groups is 1. The van der Waals surface area contributed by atoms with Crippen molar-refractivity contribution >= 4 is 5.97 Å². The third-order valence-corrected chi connectivity index (χ3v) is 3.22. The molecule has 0 radical (unpaired) electrons. The van der Waals surface area contributed by atoms with Crippen LogP contribution in [0.5, 0.6) is 0 Å². The van der Waals surface area contributed by atoms with Crippen LogP contribution in [0.4, 0.5) is 0 Å². The van der Waals surface area contributed by atoms with Crippen LogP contribution in [-0.4, -0.2) is 21.7 Å². The van der Waals surface area contributed by atoms with E-state index in [4.69, 9.17) is 5.11 Å². The number of aliphatic carboxylic acids is 1. The molecule has 1 rings (SSSR count). The fourth-order valence-electron chi connectivity index (χ4n) is 1.83. The molecule has 0 aromatic carbocycles. The predicted molar refractivity (Wildman–Crippen MR) is 80.4 cm³/mol. The average molecular weight is 298 g/mol. The van der Waals surface area contributed by atoms with Gasteiger partial charge in [0, 0.05) is 0 Å². The Morgan fingerprint density at radius 1 is 1.24 bits per heavy atom. The number of rotatable bonds is 9. The van der Waals surface area contributed by atoms with Crippen LogP contribution in [0.1, 0.15) is 59.3 Å². The molecular weight excluding hydrogens is 268 g/mol. The lowest BCUT2D eigenvalue weighted by Crippen LogP contribution is -2.32. The molecule has 1 unspecified atom stereocenters.